The van der Waals surface area contributed by atoms with Crippen molar-refractivity contribution in [3.8, 4) is 0 Å². The molecule has 0 aliphatic heterocycles. The number of anilines is 1. The average Bonchev–Trinajstić information content (AvgIpc) is 2.83. The van der Waals surface area contributed by atoms with Gasteiger partial charge in [-0.1, -0.05) is 23.5 Å². The van der Waals surface area contributed by atoms with Gasteiger partial charge in [0.05, 0.1) is 6.20 Å². The maximum atomic E-state index is 13.5. The highest BCUT2D eigenvalue weighted by atomic mass is 32.2. The Hall–Kier alpha value is -1.51. The van der Waals surface area contributed by atoms with Gasteiger partial charge in [-0.05, 0) is 24.1 Å². The lowest BCUT2D eigenvalue weighted by Crippen LogP contribution is -2.16. The van der Waals surface area contributed by atoms with Crippen LogP contribution in [0, 0.1) is 12.7 Å². The van der Waals surface area contributed by atoms with Gasteiger partial charge in [0.15, 0.2) is 9.34 Å². The molecule has 0 unspecified atom stereocenters. The van der Waals surface area contributed by atoms with Crippen LogP contribution < -0.4 is 10.0 Å². The summed E-state index contributed by atoms with van der Waals surface area (Å²) in [6.07, 6.45) is 1.22. The molecule has 1 aromatic heterocycles. The molecule has 0 aliphatic carbocycles. The maximum absolute atomic E-state index is 13.5. The summed E-state index contributed by atoms with van der Waals surface area (Å²) in [5.74, 6) is -0.264. The first-order chi connectivity index (χ1) is 9.27. The number of nitrogens with two attached hydrogens (primary N) is 1. The minimum Gasteiger partial charge on any atom is -0.347 e. The molecule has 0 atom stereocenters. The number of thiazole rings is 1. The molecule has 108 valence electrons. The lowest BCUT2D eigenvalue weighted by molar-refractivity contribution is 0.599. The third-order valence-corrected chi connectivity index (χ3v) is 5.25. The predicted octanol–water partition coefficient (Wildman–Crippen LogP) is 1.87. The van der Waals surface area contributed by atoms with E-state index in [1.807, 2.05) is 6.07 Å². The summed E-state index contributed by atoms with van der Waals surface area (Å²) in [7, 11) is -1.98. The van der Waals surface area contributed by atoms with E-state index in [2.05, 4.69) is 4.98 Å². The SMILES string of the molecule is Cc1ccc(CN(C)c2ncc(S(N)(=O)=O)s2)cc1F. The summed E-state index contributed by atoms with van der Waals surface area (Å²) in [5, 5.41) is 5.54. The van der Waals surface area contributed by atoms with Gasteiger partial charge in [-0.2, -0.15) is 0 Å². The van der Waals surface area contributed by atoms with Crippen LogP contribution in [-0.2, 0) is 16.6 Å². The zero-order chi connectivity index (χ0) is 14.9. The first-order valence-corrected chi connectivity index (χ1v) is 8.08. The van der Waals surface area contributed by atoms with Crippen LogP contribution in [0.4, 0.5) is 9.52 Å². The highest BCUT2D eigenvalue weighted by molar-refractivity contribution is 7.91. The summed E-state index contributed by atoms with van der Waals surface area (Å²) < 4.78 is 35.9. The molecule has 0 saturated heterocycles. The van der Waals surface area contributed by atoms with E-state index in [9.17, 15) is 12.8 Å². The number of aromatic nitrogens is 1. The van der Waals surface area contributed by atoms with Gasteiger partial charge in [-0.3, -0.25) is 0 Å². The molecule has 2 rings (SSSR count). The molecule has 8 heteroatoms. The molecule has 20 heavy (non-hydrogen) atoms. The average molecular weight is 315 g/mol. The van der Waals surface area contributed by atoms with Crippen molar-refractivity contribution in [2.24, 2.45) is 5.14 Å². The second-order valence-corrected chi connectivity index (χ2v) is 7.24. The third-order valence-electron chi connectivity index (χ3n) is 2.74. The molecule has 0 aliphatic rings. The molecule has 2 aromatic rings. The summed E-state index contributed by atoms with van der Waals surface area (Å²) in [4.78, 5) is 5.75. The number of primary sulfonamides is 1. The van der Waals surface area contributed by atoms with E-state index in [1.165, 1.54) is 12.3 Å². The van der Waals surface area contributed by atoms with Crippen molar-refractivity contribution in [3.05, 3.63) is 41.3 Å². The molecule has 0 fully saturated rings. The second-order valence-electron chi connectivity index (χ2n) is 4.45. The first-order valence-electron chi connectivity index (χ1n) is 5.72. The highest BCUT2D eigenvalue weighted by Gasteiger charge is 2.15. The van der Waals surface area contributed by atoms with Crippen molar-refractivity contribution >= 4 is 26.5 Å². The molecule has 0 amide bonds. The number of nitrogens with zero attached hydrogens (tertiary/aromatic N) is 2. The fraction of sp³-hybridized carbons (Fsp3) is 0.250. The van der Waals surface area contributed by atoms with Crippen LogP contribution in [-0.4, -0.2) is 20.4 Å². The van der Waals surface area contributed by atoms with E-state index < -0.39 is 10.0 Å². The highest BCUT2D eigenvalue weighted by Crippen LogP contribution is 2.25. The number of halogens is 1. The fourth-order valence-corrected chi connectivity index (χ4v) is 3.13. The Bertz CT molecular complexity index is 728. The van der Waals surface area contributed by atoms with E-state index in [4.69, 9.17) is 5.14 Å². The van der Waals surface area contributed by atoms with Crippen LogP contribution in [0.5, 0.6) is 0 Å². The van der Waals surface area contributed by atoms with Gasteiger partial charge in [0, 0.05) is 13.6 Å². The number of benzene rings is 1. The standard InChI is InChI=1S/C12H14FN3O2S2/c1-8-3-4-9(5-10(8)13)7-16(2)12-15-6-11(19-12)20(14,17)18/h3-6H,7H2,1-2H3,(H2,14,17,18). The maximum Gasteiger partial charge on any atom is 0.249 e. The Labute approximate surface area is 120 Å². The van der Waals surface area contributed by atoms with Gasteiger partial charge in [0.2, 0.25) is 10.0 Å². The normalized spacial score (nSPS) is 11.6. The minimum atomic E-state index is -3.73. The second kappa shape index (κ2) is 5.47. The van der Waals surface area contributed by atoms with Crippen molar-refractivity contribution in [2.45, 2.75) is 17.7 Å². The molecule has 0 radical (unpaired) electrons. The van der Waals surface area contributed by atoms with Gasteiger partial charge in [0.1, 0.15) is 5.82 Å². The lowest BCUT2D eigenvalue weighted by atomic mass is 10.1. The van der Waals surface area contributed by atoms with Crippen molar-refractivity contribution in [2.75, 3.05) is 11.9 Å². The van der Waals surface area contributed by atoms with Crippen LogP contribution in [0.25, 0.3) is 0 Å². The summed E-state index contributed by atoms with van der Waals surface area (Å²) >= 11 is 0.983. The lowest BCUT2D eigenvalue weighted by Gasteiger charge is -2.15. The zero-order valence-electron chi connectivity index (χ0n) is 11.0. The number of sulfonamides is 1. The molecule has 0 spiro atoms. The molecule has 1 heterocycles. The van der Waals surface area contributed by atoms with E-state index in [-0.39, 0.29) is 10.0 Å². The number of aryl methyl sites for hydroxylation is 1. The Morgan fingerprint density at radius 3 is 2.70 bits per heavy atom. The molecule has 0 saturated carbocycles. The van der Waals surface area contributed by atoms with Gasteiger partial charge >= 0.3 is 0 Å². The quantitative estimate of drug-likeness (QED) is 0.934. The minimum absolute atomic E-state index is 0.00874. The van der Waals surface area contributed by atoms with E-state index in [0.717, 1.165) is 16.9 Å². The molecule has 2 N–H and O–H groups in total. The van der Waals surface area contributed by atoms with Crippen molar-refractivity contribution < 1.29 is 12.8 Å². The summed E-state index contributed by atoms with van der Waals surface area (Å²) in [6, 6.07) is 4.99. The Morgan fingerprint density at radius 1 is 1.45 bits per heavy atom. The van der Waals surface area contributed by atoms with Crippen molar-refractivity contribution in [3.63, 3.8) is 0 Å². The Balaban J connectivity index is 2.17. The molecule has 0 bridgehead atoms. The number of rotatable bonds is 4. The zero-order valence-corrected chi connectivity index (χ0v) is 12.6. The van der Waals surface area contributed by atoms with Crippen molar-refractivity contribution in [1.82, 2.24) is 4.98 Å². The van der Waals surface area contributed by atoms with Crippen LogP contribution in [0.15, 0.2) is 28.6 Å². The van der Waals surface area contributed by atoms with Crippen LogP contribution in [0.3, 0.4) is 0 Å². The molecular weight excluding hydrogens is 301 g/mol. The molecular formula is C12H14FN3O2S2. The number of hydrogen-bond acceptors (Lipinski definition) is 5. The van der Waals surface area contributed by atoms with E-state index in [0.29, 0.717) is 17.2 Å². The largest absolute Gasteiger partial charge is 0.347 e. The third kappa shape index (κ3) is 3.33. The Kier molecular flexibility index (Phi) is 4.07. The van der Waals surface area contributed by atoms with E-state index >= 15 is 0 Å². The van der Waals surface area contributed by atoms with Crippen LogP contribution >= 0.6 is 11.3 Å². The summed E-state index contributed by atoms with van der Waals surface area (Å²) in [6.45, 7) is 2.12. The topological polar surface area (TPSA) is 76.3 Å². The monoisotopic (exact) mass is 315 g/mol. The Morgan fingerprint density at radius 2 is 2.15 bits per heavy atom. The van der Waals surface area contributed by atoms with Gasteiger partial charge in [0.25, 0.3) is 0 Å². The molecule has 5 nitrogen and oxygen atoms in total. The first kappa shape index (κ1) is 14.9. The van der Waals surface area contributed by atoms with Gasteiger partial charge in [-0.25, -0.2) is 22.9 Å². The smallest absolute Gasteiger partial charge is 0.249 e. The fourth-order valence-electron chi connectivity index (χ4n) is 1.63. The number of hydrogen-bond donors (Lipinski definition) is 1. The molecule has 1 aromatic carbocycles. The van der Waals surface area contributed by atoms with E-state index in [1.54, 1.807) is 24.9 Å². The van der Waals surface area contributed by atoms with Gasteiger partial charge < -0.3 is 4.90 Å². The summed E-state index contributed by atoms with van der Waals surface area (Å²) in [5.41, 5.74) is 1.37. The predicted molar refractivity (Wildman–Crippen MR) is 76.7 cm³/mol. The van der Waals surface area contributed by atoms with Crippen molar-refractivity contribution in [1.29, 1.82) is 0 Å². The van der Waals surface area contributed by atoms with Crippen LogP contribution in [0.1, 0.15) is 11.1 Å². The van der Waals surface area contributed by atoms with Gasteiger partial charge in [-0.15, -0.1) is 0 Å². The van der Waals surface area contributed by atoms with Crippen LogP contribution in [0.2, 0.25) is 0 Å².